The molecule has 3 rings (SSSR count). The number of carbonyl (C=O) groups is 2. The van der Waals surface area contributed by atoms with Crippen molar-refractivity contribution in [3.8, 4) is 5.75 Å². The van der Waals surface area contributed by atoms with Crippen LogP contribution < -0.4 is 9.64 Å². The molecule has 1 aliphatic heterocycles. The predicted molar refractivity (Wildman–Crippen MR) is 94.1 cm³/mol. The van der Waals surface area contributed by atoms with Crippen molar-refractivity contribution >= 4 is 29.0 Å². The monoisotopic (exact) mass is 343 g/mol. The molecule has 0 spiro atoms. The van der Waals surface area contributed by atoms with E-state index in [9.17, 15) is 9.59 Å². The topological polar surface area (TPSA) is 46.6 Å². The van der Waals surface area contributed by atoms with Crippen molar-refractivity contribution in [3.05, 3.63) is 58.6 Å². The number of ketones is 1. The molecule has 1 aliphatic rings. The van der Waals surface area contributed by atoms with Gasteiger partial charge in [-0.15, -0.1) is 0 Å². The number of amides is 1. The Morgan fingerprint density at radius 2 is 2.00 bits per heavy atom. The molecule has 2 aromatic carbocycles. The van der Waals surface area contributed by atoms with Crippen LogP contribution in [0.1, 0.15) is 29.3 Å². The Balaban J connectivity index is 1.75. The second-order valence-corrected chi connectivity index (χ2v) is 6.20. The van der Waals surface area contributed by atoms with E-state index in [1.165, 1.54) is 12.5 Å². The molecule has 5 heteroatoms. The summed E-state index contributed by atoms with van der Waals surface area (Å²) in [5.74, 6) is 0.111. The van der Waals surface area contributed by atoms with E-state index in [0.29, 0.717) is 22.9 Å². The van der Waals surface area contributed by atoms with Crippen molar-refractivity contribution in [2.24, 2.45) is 0 Å². The number of hydrogen-bond donors (Lipinski definition) is 0. The SMILES string of the molecule is CC(=O)c1cc(Cl)ccc1OCC(=O)N1CCCc2ccccc21. The molecule has 0 bridgehead atoms. The van der Waals surface area contributed by atoms with E-state index in [0.717, 1.165) is 18.5 Å². The summed E-state index contributed by atoms with van der Waals surface area (Å²) in [5, 5.41) is 0.462. The molecule has 1 amide bonds. The minimum Gasteiger partial charge on any atom is -0.483 e. The quantitative estimate of drug-likeness (QED) is 0.791. The molecule has 0 fully saturated rings. The molecular formula is C19H18ClNO3. The largest absolute Gasteiger partial charge is 0.483 e. The zero-order valence-electron chi connectivity index (χ0n) is 13.4. The highest BCUT2D eigenvalue weighted by Gasteiger charge is 2.22. The van der Waals surface area contributed by atoms with Gasteiger partial charge in [0, 0.05) is 17.3 Å². The lowest BCUT2D eigenvalue weighted by atomic mass is 10.0. The van der Waals surface area contributed by atoms with Crippen LogP contribution in [0.15, 0.2) is 42.5 Å². The lowest BCUT2D eigenvalue weighted by Gasteiger charge is -2.29. The van der Waals surface area contributed by atoms with E-state index >= 15 is 0 Å². The maximum Gasteiger partial charge on any atom is 0.264 e. The molecular weight excluding hydrogens is 326 g/mol. The van der Waals surface area contributed by atoms with Crippen LogP contribution in [0.4, 0.5) is 5.69 Å². The van der Waals surface area contributed by atoms with Gasteiger partial charge in [0.1, 0.15) is 5.75 Å². The van der Waals surface area contributed by atoms with Gasteiger partial charge in [0.15, 0.2) is 12.4 Å². The Morgan fingerprint density at radius 3 is 2.79 bits per heavy atom. The molecule has 0 atom stereocenters. The van der Waals surface area contributed by atoms with Gasteiger partial charge in [-0.2, -0.15) is 0 Å². The van der Waals surface area contributed by atoms with Crippen molar-refractivity contribution in [2.75, 3.05) is 18.1 Å². The number of rotatable bonds is 4. The van der Waals surface area contributed by atoms with E-state index < -0.39 is 0 Å². The summed E-state index contributed by atoms with van der Waals surface area (Å²) in [6.45, 7) is 2.01. The van der Waals surface area contributed by atoms with E-state index in [1.54, 1.807) is 23.1 Å². The highest BCUT2D eigenvalue weighted by molar-refractivity contribution is 6.31. The highest BCUT2D eigenvalue weighted by atomic mass is 35.5. The number of halogens is 1. The average Bonchev–Trinajstić information content (AvgIpc) is 2.59. The number of benzene rings is 2. The van der Waals surface area contributed by atoms with E-state index in [2.05, 4.69) is 0 Å². The maximum absolute atomic E-state index is 12.6. The first kappa shape index (κ1) is 16.5. The molecule has 124 valence electrons. The Morgan fingerprint density at radius 1 is 1.21 bits per heavy atom. The van der Waals surface area contributed by atoms with Gasteiger partial charge >= 0.3 is 0 Å². The van der Waals surface area contributed by atoms with Gasteiger partial charge in [-0.3, -0.25) is 9.59 Å². The molecule has 4 nitrogen and oxygen atoms in total. The number of ether oxygens (including phenoxy) is 1. The van der Waals surface area contributed by atoms with Crippen molar-refractivity contribution in [1.82, 2.24) is 0 Å². The minimum atomic E-state index is -0.150. The molecule has 0 saturated carbocycles. The molecule has 0 saturated heterocycles. The van der Waals surface area contributed by atoms with Crippen LogP contribution in [0.3, 0.4) is 0 Å². The number of fused-ring (bicyclic) bond motifs is 1. The summed E-state index contributed by atoms with van der Waals surface area (Å²) in [6, 6.07) is 12.7. The summed E-state index contributed by atoms with van der Waals surface area (Å²) in [4.78, 5) is 26.0. The van der Waals surface area contributed by atoms with Gasteiger partial charge in [-0.25, -0.2) is 0 Å². The summed E-state index contributed by atoms with van der Waals surface area (Å²) in [6.07, 6.45) is 1.91. The van der Waals surface area contributed by atoms with Gasteiger partial charge in [-0.05, 0) is 49.6 Å². The maximum atomic E-state index is 12.6. The minimum absolute atomic E-state index is 0.115. The van der Waals surface area contributed by atoms with Gasteiger partial charge in [0.2, 0.25) is 0 Å². The first-order chi connectivity index (χ1) is 11.6. The number of Topliss-reactive ketones (excluding diaryl/α,β-unsaturated/α-hetero) is 1. The lowest BCUT2D eigenvalue weighted by molar-refractivity contribution is -0.120. The molecule has 1 heterocycles. The predicted octanol–water partition coefficient (Wildman–Crippen LogP) is 3.90. The number of anilines is 1. The van der Waals surface area contributed by atoms with Crippen LogP contribution in [-0.2, 0) is 11.2 Å². The first-order valence-corrected chi connectivity index (χ1v) is 8.25. The Kier molecular flexibility index (Phi) is 4.86. The van der Waals surface area contributed by atoms with Crippen LogP contribution in [0.2, 0.25) is 5.02 Å². The fraction of sp³-hybridized carbons (Fsp3) is 0.263. The summed E-state index contributed by atoms with van der Waals surface area (Å²) >= 11 is 5.92. The average molecular weight is 344 g/mol. The number of hydrogen-bond acceptors (Lipinski definition) is 3. The van der Waals surface area contributed by atoms with E-state index in [-0.39, 0.29) is 18.3 Å². The summed E-state index contributed by atoms with van der Waals surface area (Å²) < 4.78 is 5.61. The Bertz CT molecular complexity index is 788. The molecule has 0 radical (unpaired) electrons. The fourth-order valence-electron chi connectivity index (χ4n) is 2.91. The first-order valence-electron chi connectivity index (χ1n) is 7.88. The van der Waals surface area contributed by atoms with E-state index in [1.807, 2.05) is 24.3 Å². The fourth-order valence-corrected chi connectivity index (χ4v) is 3.09. The van der Waals surface area contributed by atoms with Crippen LogP contribution >= 0.6 is 11.6 Å². The van der Waals surface area contributed by atoms with Gasteiger partial charge in [0.05, 0.1) is 5.56 Å². The summed E-state index contributed by atoms with van der Waals surface area (Å²) in [5.41, 5.74) is 2.50. The zero-order valence-corrected chi connectivity index (χ0v) is 14.2. The molecule has 0 N–H and O–H groups in total. The molecule has 0 aliphatic carbocycles. The van der Waals surface area contributed by atoms with Gasteiger partial charge in [0.25, 0.3) is 5.91 Å². The molecule has 24 heavy (non-hydrogen) atoms. The zero-order chi connectivity index (χ0) is 17.1. The second-order valence-electron chi connectivity index (χ2n) is 5.76. The number of para-hydroxylation sites is 1. The van der Waals surface area contributed by atoms with E-state index in [4.69, 9.17) is 16.3 Å². The molecule has 0 unspecified atom stereocenters. The van der Waals surface area contributed by atoms with Crippen molar-refractivity contribution in [1.29, 1.82) is 0 Å². The lowest BCUT2D eigenvalue weighted by Crippen LogP contribution is -2.38. The van der Waals surface area contributed by atoms with Crippen LogP contribution in [0.25, 0.3) is 0 Å². The molecule has 2 aromatic rings. The van der Waals surface area contributed by atoms with Crippen LogP contribution in [0.5, 0.6) is 5.75 Å². The van der Waals surface area contributed by atoms with Gasteiger partial charge < -0.3 is 9.64 Å². The Labute approximate surface area is 146 Å². The van der Waals surface area contributed by atoms with Crippen LogP contribution in [-0.4, -0.2) is 24.8 Å². The third kappa shape index (κ3) is 3.44. The summed E-state index contributed by atoms with van der Waals surface area (Å²) in [7, 11) is 0. The molecule has 0 aromatic heterocycles. The number of aryl methyl sites for hydroxylation is 1. The second kappa shape index (κ2) is 7.05. The third-order valence-electron chi connectivity index (χ3n) is 4.08. The van der Waals surface area contributed by atoms with Crippen LogP contribution in [0, 0.1) is 0 Å². The Hall–Kier alpha value is -2.33. The van der Waals surface area contributed by atoms with Crippen molar-refractivity contribution in [2.45, 2.75) is 19.8 Å². The van der Waals surface area contributed by atoms with Gasteiger partial charge in [-0.1, -0.05) is 29.8 Å². The standard InChI is InChI=1S/C19H18ClNO3/c1-13(22)16-11-15(20)8-9-18(16)24-12-19(23)21-10-4-6-14-5-2-3-7-17(14)21/h2-3,5,7-9,11H,4,6,10,12H2,1H3. The normalized spacial score (nSPS) is 13.3. The van der Waals surface area contributed by atoms with Crippen molar-refractivity contribution in [3.63, 3.8) is 0 Å². The van der Waals surface area contributed by atoms with Crippen molar-refractivity contribution < 1.29 is 14.3 Å². The highest BCUT2D eigenvalue weighted by Crippen LogP contribution is 2.27. The number of carbonyl (C=O) groups excluding carboxylic acids is 2. The smallest absolute Gasteiger partial charge is 0.264 e. The third-order valence-corrected chi connectivity index (χ3v) is 4.32. The number of nitrogens with zero attached hydrogens (tertiary/aromatic N) is 1.